The van der Waals surface area contributed by atoms with Gasteiger partial charge in [-0.3, -0.25) is 9.48 Å². The van der Waals surface area contributed by atoms with Crippen LogP contribution in [0.1, 0.15) is 42.5 Å². The Balaban J connectivity index is 1.96. The lowest BCUT2D eigenvalue weighted by Crippen LogP contribution is -2.35. The van der Waals surface area contributed by atoms with Crippen molar-refractivity contribution in [3.8, 4) is 0 Å². The maximum absolute atomic E-state index is 12.3. The molecule has 1 atom stereocenters. The van der Waals surface area contributed by atoms with Crippen molar-refractivity contribution in [3.63, 3.8) is 0 Å². The van der Waals surface area contributed by atoms with Crippen LogP contribution in [0.5, 0.6) is 0 Å². The number of rotatable bonds is 6. The number of likely N-dealkylation sites (N-methyl/N-ethyl adjacent to an activating group) is 1. The largest absolute Gasteiger partial charge is 0.350 e. The fourth-order valence-corrected chi connectivity index (χ4v) is 2.35. The first-order valence-corrected chi connectivity index (χ1v) is 7.53. The topological polar surface area (TPSA) is 59.0 Å². The third-order valence-corrected chi connectivity index (χ3v) is 3.72. The van der Waals surface area contributed by atoms with Gasteiger partial charge in [0.25, 0.3) is 0 Å². The van der Waals surface area contributed by atoms with E-state index in [4.69, 9.17) is 0 Å². The molecule has 0 bridgehead atoms. The number of nitrogens with one attached hydrogen (secondary N) is 2. The number of aromatic nitrogens is 2. The predicted octanol–water partition coefficient (Wildman–Crippen LogP) is 2.12. The van der Waals surface area contributed by atoms with Crippen LogP contribution in [0.2, 0.25) is 0 Å². The average Bonchev–Trinajstić information content (AvgIpc) is 2.92. The number of hydrogen-bond acceptors (Lipinski definition) is 3. The lowest BCUT2D eigenvalue weighted by Gasteiger charge is -2.15. The van der Waals surface area contributed by atoms with E-state index in [-0.39, 0.29) is 11.9 Å². The highest BCUT2D eigenvalue weighted by molar-refractivity contribution is 5.83. The van der Waals surface area contributed by atoms with Gasteiger partial charge in [-0.15, -0.1) is 0 Å². The summed E-state index contributed by atoms with van der Waals surface area (Å²) in [7, 11) is 3.61. The SMILES string of the molecule is CNC(C(=O)NCc1ccc(C(C)C)cc1)c1cnn(C)c1. The van der Waals surface area contributed by atoms with Gasteiger partial charge in [-0.25, -0.2) is 0 Å². The summed E-state index contributed by atoms with van der Waals surface area (Å²) in [5.74, 6) is 0.464. The molecule has 0 aliphatic heterocycles. The molecule has 2 aromatic rings. The molecule has 118 valence electrons. The fourth-order valence-electron chi connectivity index (χ4n) is 2.35. The molecule has 1 aromatic heterocycles. The number of carbonyl (C=O) groups is 1. The highest BCUT2D eigenvalue weighted by Crippen LogP contribution is 2.15. The minimum Gasteiger partial charge on any atom is -0.350 e. The summed E-state index contributed by atoms with van der Waals surface area (Å²) in [6.45, 7) is 4.86. The van der Waals surface area contributed by atoms with Crippen molar-refractivity contribution in [3.05, 3.63) is 53.3 Å². The molecule has 1 heterocycles. The summed E-state index contributed by atoms with van der Waals surface area (Å²) >= 11 is 0. The standard InChI is InChI=1S/C17H24N4O/c1-12(2)14-7-5-13(6-8-14)9-19-17(22)16(18-3)15-10-20-21(4)11-15/h5-8,10-12,16,18H,9H2,1-4H3,(H,19,22). The van der Waals surface area contributed by atoms with E-state index in [1.165, 1.54) is 5.56 Å². The predicted molar refractivity (Wildman–Crippen MR) is 87.4 cm³/mol. The van der Waals surface area contributed by atoms with Crippen molar-refractivity contribution in [2.24, 2.45) is 7.05 Å². The minimum atomic E-state index is -0.386. The van der Waals surface area contributed by atoms with Crippen LogP contribution >= 0.6 is 0 Å². The van der Waals surface area contributed by atoms with Crippen LogP contribution in [-0.4, -0.2) is 22.7 Å². The smallest absolute Gasteiger partial charge is 0.242 e. The summed E-state index contributed by atoms with van der Waals surface area (Å²) < 4.78 is 1.69. The van der Waals surface area contributed by atoms with Crippen LogP contribution in [0, 0.1) is 0 Å². The van der Waals surface area contributed by atoms with E-state index in [1.54, 1.807) is 17.9 Å². The van der Waals surface area contributed by atoms with Crippen molar-refractivity contribution < 1.29 is 4.79 Å². The number of nitrogens with zero attached hydrogens (tertiary/aromatic N) is 2. The van der Waals surface area contributed by atoms with Gasteiger partial charge in [0.1, 0.15) is 6.04 Å². The quantitative estimate of drug-likeness (QED) is 0.859. The van der Waals surface area contributed by atoms with Gasteiger partial charge < -0.3 is 10.6 Å². The molecule has 5 nitrogen and oxygen atoms in total. The normalized spacial score (nSPS) is 12.4. The van der Waals surface area contributed by atoms with Crippen LogP contribution in [-0.2, 0) is 18.4 Å². The van der Waals surface area contributed by atoms with E-state index in [1.807, 2.05) is 13.2 Å². The molecule has 1 aromatic carbocycles. The van der Waals surface area contributed by atoms with Crippen LogP contribution in [0.25, 0.3) is 0 Å². The number of benzene rings is 1. The third kappa shape index (κ3) is 3.95. The number of carbonyl (C=O) groups excluding carboxylic acids is 1. The molecule has 0 spiro atoms. The number of amides is 1. The second kappa shape index (κ2) is 7.22. The van der Waals surface area contributed by atoms with Crippen molar-refractivity contribution >= 4 is 5.91 Å². The lowest BCUT2D eigenvalue weighted by molar-refractivity contribution is -0.123. The van der Waals surface area contributed by atoms with Crippen molar-refractivity contribution in [1.82, 2.24) is 20.4 Å². The molecule has 1 amide bonds. The third-order valence-electron chi connectivity index (χ3n) is 3.72. The van der Waals surface area contributed by atoms with Crippen molar-refractivity contribution in [2.75, 3.05) is 7.05 Å². The van der Waals surface area contributed by atoms with E-state index in [9.17, 15) is 4.79 Å². The fraction of sp³-hybridized carbons (Fsp3) is 0.412. The summed E-state index contributed by atoms with van der Waals surface area (Å²) in [6.07, 6.45) is 3.55. The summed E-state index contributed by atoms with van der Waals surface area (Å²) in [5.41, 5.74) is 3.26. The molecular weight excluding hydrogens is 276 g/mol. The summed E-state index contributed by atoms with van der Waals surface area (Å²) in [6, 6.07) is 7.97. The molecule has 1 unspecified atom stereocenters. The summed E-state index contributed by atoms with van der Waals surface area (Å²) in [5, 5.41) is 10.1. The molecule has 0 fully saturated rings. The van der Waals surface area contributed by atoms with Gasteiger partial charge >= 0.3 is 0 Å². The van der Waals surface area contributed by atoms with E-state index < -0.39 is 0 Å². The molecule has 22 heavy (non-hydrogen) atoms. The first kappa shape index (κ1) is 16.2. The number of aryl methyl sites for hydroxylation is 1. The molecule has 0 saturated heterocycles. The van der Waals surface area contributed by atoms with E-state index in [0.29, 0.717) is 12.5 Å². The Morgan fingerprint density at radius 1 is 1.23 bits per heavy atom. The zero-order chi connectivity index (χ0) is 16.1. The van der Waals surface area contributed by atoms with Crippen LogP contribution in [0.3, 0.4) is 0 Å². The van der Waals surface area contributed by atoms with E-state index in [0.717, 1.165) is 11.1 Å². The second-order valence-electron chi connectivity index (χ2n) is 5.78. The highest BCUT2D eigenvalue weighted by atomic mass is 16.2. The maximum atomic E-state index is 12.3. The van der Waals surface area contributed by atoms with Crippen molar-refractivity contribution in [1.29, 1.82) is 0 Å². The average molecular weight is 300 g/mol. The van der Waals surface area contributed by atoms with Crippen LogP contribution < -0.4 is 10.6 Å². The first-order valence-electron chi connectivity index (χ1n) is 7.53. The molecular formula is C17H24N4O. The zero-order valence-electron chi connectivity index (χ0n) is 13.6. The molecule has 0 saturated carbocycles. The minimum absolute atomic E-state index is 0.0524. The van der Waals surface area contributed by atoms with E-state index >= 15 is 0 Å². The molecule has 0 radical (unpaired) electrons. The van der Waals surface area contributed by atoms with Crippen LogP contribution in [0.15, 0.2) is 36.7 Å². The highest BCUT2D eigenvalue weighted by Gasteiger charge is 2.19. The second-order valence-corrected chi connectivity index (χ2v) is 5.78. The Bertz CT molecular complexity index is 616. The first-order chi connectivity index (χ1) is 10.5. The maximum Gasteiger partial charge on any atom is 0.242 e. The lowest BCUT2D eigenvalue weighted by atomic mass is 10.0. The van der Waals surface area contributed by atoms with Gasteiger partial charge in [0.15, 0.2) is 0 Å². The van der Waals surface area contributed by atoms with Gasteiger partial charge in [-0.2, -0.15) is 5.10 Å². The van der Waals surface area contributed by atoms with Crippen molar-refractivity contribution in [2.45, 2.75) is 32.4 Å². The Kier molecular flexibility index (Phi) is 5.33. The molecule has 5 heteroatoms. The van der Waals surface area contributed by atoms with Gasteiger partial charge in [0.05, 0.1) is 6.20 Å². The Hall–Kier alpha value is -2.14. The van der Waals surface area contributed by atoms with Gasteiger partial charge in [-0.1, -0.05) is 38.1 Å². The Morgan fingerprint density at radius 2 is 1.91 bits per heavy atom. The molecule has 0 aliphatic rings. The van der Waals surface area contributed by atoms with Crippen LogP contribution in [0.4, 0.5) is 0 Å². The molecule has 2 N–H and O–H groups in total. The van der Waals surface area contributed by atoms with Gasteiger partial charge in [-0.05, 0) is 24.1 Å². The monoisotopic (exact) mass is 300 g/mol. The van der Waals surface area contributed by atoms with Gasteiger partial charge in [0, 0.05) is 25.4 Å². The molecule has 2 rings (SSSR count). The number of hydrogen-bond donors (Lipinski definition) is 2. The van der Waals surface area contributed by atoms with E-state index in [2.05, 4.69) is 53.8 Å². The summed E-state index contributed by atoms with van der Waals surface area (Å²) in [4.78, 5) is 12.3. The van der Waals surface area contributed by atoms with Gasteiger partial charge in [0.2, 0.25) is 5.91 Å². The zero-order valence-corrected chi connectivity index (χ0v) is 13.6. The molecule has 0 aliphatic carbocycles. The Labute approximate surface area is 131 Å². The Morgan fingerprint density at radius 3 is 2.41 bits per heavy atom.